The number of nitrogens with two attached hydrogens (primary N) is 1. The average Bonchev–Trinajstić information content (AvgIpc) is 2.95. The molecule has 2 rings (SSSR count). The lowest BCUT2D eigenvalue weighted by molar-refractivity contribution is -0.128. The van der Waals surface area contributed by atoms with Crippen LogP contribution < -0.4 is 10.5 Å². The zero-order valence-corrected chi connectivity index (χ0v) is 13.2. The molecule has 0 saturated carbocycles. The third kappa shape index (κ3) is 3.54. The van der Waals surface area contributed by atoms with Crippen molar-refractivity contribution in [1.29, 1.82) is 0 Å². The predicted octanol–water partition coefficient (Wildman–Crippen LogP) is 0.786. The van der Waals surface area contributed by atoms with Gasteiger partial charge in [-0.2, -0.15) is 0 Å². The highest BCUT2D eigenvalue weighted by molar-refractivity contribution is 7.89. The Morgan fingerprint density at radius 3 is 2.48 bits per heavy atom. The molecule has 6 nitrogen and oxygen atoms in total. The highest BCUT2D eigenvalue weighted by atomic mass is 32.2. The molecule has 0 aromatic heterocycles. The van der Waals surface area contributed by atoms with Crippen LogP contribution in [0.2, 0.25) is 0 Å². The number of benzene rings is 1. The van der Waals surface area contributed by atoms with Crippen LogP contribution in [0.1, 0.15) is 24.0 Å². The van der Waals surface area contributed by atoms with Gasteiger partial charge in [-0.25, -0.2) is 13.1 Å². The number of rotatable bonds is 4. The third-order valence-corrected chi connectivity index (χ3v) is 5.24. The van der Waals surface area contributed by atoms with Crippen LogP contribution >= 0.6 is 0 Å². The first-order valence-corrected chi connectivity index (χ1v) is 8.44. The highest BCUT2D eigenvalue weighted by Gasteiger charge is 2.21. The van der Waals surface area contributed by atoms with E-state index in [2.05, 4.69) is 4.72 Å². The fraction of sp³-hybridized carbons (Fsp3) is 0.500. The van der Waals surface area contributed by atoms with Gasteiger partial charge in [0.25, 0.3) is 0 Å². The molecule has 1 aliphatic heterocycles. The Bertz CT molecular complexity index is 626. The van der Waals surface area contributed by atoms with Crippen LogP contribution in [-0.2, 0) is 14.8 Å². The zero-order valence-electron chi connectivity index (χ0n) is 12.3. The van der Waals surface area contributed by atoms with Gasteiger partial charge in [0.15, 0.2) is 0 Å². The van der Waals surface area contributed by atoms with Crippen LogP contribution in [0.5, 0.6) is 0 Å². The summed E-state index contributed by atoms with van der Waals surface area (Å²) in [6, 6.07) is 2.99. The first-order valence-electron chi connectivity index (χ1n) is 6.95. The molecule has 1 aliphatic rings. The summed E-state index contributed by atoms with van der Waals surface area (Å²) in [5.41, 5.74) is 7.91. The quantitative estimate of drug-likeness (QED) is 0.804. The summed E-state index contributed by atoms with van der Waals surface area (Å²) >= 11 is 0. The summed E-state index contributed by atoms with van der Waals surface area (Å²) < 4.78 is 26.8. The van der Waals surface area contributed by atoms with E-state index >= 15 is 0 Å². The topological polar surface area (TPSA) is 92.5 Å². The van der Waals surface area contributed by atoms with Crippen molar-refractivity contribution < 1.29 is 13.2 Å². The van der Waals surface area contributed by atoms with Crippen molar-refractivity contribution in [3.63, 3.8) is 0 Å². The minimum atomic E-state index is -3.72. The van der Waals surface area contributed by atoms with Crippen molar-refractivity contribution in [3.05, 3.63) is 23.3 Å². The number of anilines is 1. The van der Waals surface area contributed by atoms with E-state index in [1.807, 2.05) is 6.92 Å². The summed E-state index contributed by atoms with van der Waals surface area (Å²) in [5, 5.41) is 0. The molecule has 0 aliphatic carbocycles. The Balaban J connectivity index is 2.09. The van der Waals surface area contributed by atoms with E-state index in [1.165, 1.54) is 6.07 Å². The molecule has 1 heterocycles. The van der Waals surface area contributed by atoms with Crippen molar-refractivity contribution in [2.24, 2.45) is 0 Å². The van der Waals surface area contributed by atoms with Crippen LogP contribution in [0.3, 0.4) is 0 Å². The van der Waals surface area contributed by atoms with E-state index in [0.29, 0.717) is 18.8 Å². The van der Waals surface area contributed by atoms with Crippen molar-refractivity contribution in [2.75, 3.05) is 25.4 Å². The number of carbonyl (C=O) groups excluding carboxylic acids is 1. The van der Waals surface area contributed by atoms with Crippen molar-refractivity contribution in [2.45, 2.75) is 31.6 Å². The number of sulfonamides is 1. The third-order valence-electron chi connectivity index (χ3n) is 3.86. The van der Waals surface area contributed by atoms with Gasteiger partial charge in [0.1, 0.15) is 0 Å². The normalized spacial score (nSPS) is 15.4. The van der Waals surface area contributed by atoms with Gasteiger partial charge >= 0.3 is 0 Å². The first-order chi connectivity index (χ1) is 9.81. The van der Waals surface area contributed by atoms with Gasteiger partial charge in [0, 0.05) is 18.8 Å². The Morgan fingerprint density at radius 1 is 1.29 bits per heavy atom. The van der Waals surface area contributed by atoms with E-state index < -0.39 is 10.0 Å². The lowest BCUT2D eigenvalue weighted by atomic mass is 10.1. The molecule has 1 saturated heterocycles. The number of nitrogen functional groups attached to an aromatic ring is 1. The van der Waals surface area contributed by atoms with Crippen LogP contribution in [0, 0.1) is 13.8 Å². The number of likely N-dealkylation sites (tertiary alicyclic amines) is 1. The van der Waals surface area contributed by atoms with Gasteiger partial charge < -0.3 is 10.6 Å². The largest absolute Gasteiger partial charge is 0.398 e. The molecule has 1 aromatic carbocycles. The smallest absolute Gasteiger partial charge is 0.241 e. The van der Waals surface area contributed by atoms with Crippen LogP contribution in [0.4, 0.5) is 5.69 Å². The molecule has 1 aromatic rings. The Hall–Kier alpha value is -1.60. The Labute approximate surface area is 125 Å². The second-order valence-electron chi connectivity index (χ2n) is 5.37. The number of nitrogens with zero attached hydrogens (tertiary/aromatic N) is 1. The Morgan fingerprint density at radius 2 is 1.90 bits per heavy atom. The van der Waals surface area contributed by atoms with Crippen LogP contribution in [0.15, 0.2) is 17.0 Å². The molecule has 3 N–H and O–H groups in total. The van der Waals surface area contributed by atoms with Crippen molar-refractivity contribution in [3.8, 4) is 0 Å². The van der Waals surface area contributed by atoms with E-state index in [-0.39, 0.29) is 17.3 Å². The molecule has 1 amide bonds. The first kappa shape index (κ1) is 15.8. The fourth-order valence-electron chi connectivity index (χ4n) is 2.33. The minimum Gasteiger partial charge on any atom is -0.398 e. The molecule has 0 radical (unpaired) electrons. The molecule has 116 valence electrons. The predicted molar refractivity (Wildman–Crippen MR) is 81.3 cm³/mol. The minimum absolute atomic E-state index is 0.0947. The molecule has 0 spiro atoms. The maximum atomic E-state index is 12.2. The molecular formula is C14H21N3O3S. The summed E-state index contributed by atoms with van der Waals surface area (Å²) in [5.74, 6) is -0.187. The number of hydrogen-bond acceptors (Lipinski definition) is 4. The molecule has 21 heavy (non-hydrogen) atoms. The van der Waals surface area contributed by atoms with Crippen molar-refractivity contribution in [1.82, 2.24) is 9.62 Å². The van der Waals surface area contributed by atoms with Gasteiger partial charge in [0.05, 0.1) is 11.4 Å². The van der Waals surface area contributed by atoms with Crippen molar-refractivity contribution >= 4 is 21.6 Å². The highest BCUT2D eigenvalue weighted by Crippen LogP contribution is 2.21. The molecule has 0 atom stereocenters. The standard InChI is InChI=1S/C14H21N3O3S/c1-10-7-12(8-13(15)11(10)2)21(19,20)16-9-14(18)17-5-3-4-6-17/h7-8,16H,3-6,9,15H2,1-2H3. The molecule has 7 heteroatoms. The summed E-state index contributed by atoms with van der Waals surface area (Å²) in [6.45, 7) is 4.84. The number of carbonyl (C=O) groups is 1. The maximum absolute atomic E-state index is 12.2. The SMILES string of the molecule is Cc1cc(S(=O)(=O)NCC(=O)N2CCCC2)cc(N)c1C. The Kier molecular flexibility index (Phi) is 4.53. The average molecular weight is 311 g/mol. The molecular weight excluding hydrogens is 290 g/mol. The van der Waals surface area contributed by atoms with Gasteiger partial charge in [-0.3, -0.25) is 4.79 Å². The summed E-state index contributed by atoms with van der Waals surface area (Å²) in [6.07, 6.45) is 1.96. The molecule has 1 fully saturated rings. The zero-order chi connectivity index (χ0) is 15.6. The van der Waals surface area contributed by atoms with Gasteiger partial charge in [-0.1, -0.05) is 0 Å². The second kappa shape index (κ2) is 6.03. The van der Waals surface area contributed by atoms with Crippen LogP contribution in [0.25, 0.3) is 0 Å². The van der Waals surface area contributed by atoms with E-state index in [0.717, 1.165) is 24.0 Å². The lowest BCUT2D eigenvalue weighted by Crippen LogP contribution is -2.38. The number of hydrogen-bond donors (Lipinski definition) is 2. The van der Waals surface area contributed by atoms with Gasteiger partial charge in [-0.15, -0.1) is 0 Å². The number of amides is 1. The summed E-state index contributed by atoms with van der Waals surface area (Å²) in [7, 11) is -3.72. The number of nitrogens with one attached hydrogen (secondary N) is 1. The van der Waals surface area contributed by atoms with Gasteiger partial charge in [-0.05, 0) is 49.9 Å². The number of aryl methyl sites for hydroxylation is 1. The maximum Gasteiger partial charge on any atom is 0.241 e. The lowest BCUT2D eigenvalue weighted by Gasteiger charge is -2.16. The monoisotopic (exact) mass is 311 g/mol. The van der Waals surface area contributed by atoms with E-state index in [4.69, 9.17) is 5.73 Å². The van der Waals surface area contributed by atoms with Gasteiger partial charge in [0.2, 0.25) is 15.9 Å². The molecule has 0 bridgehead atoms. The fourth-order valence-corrected chi connectivity index (χ4v) is 3.42. The van der Waals surface area contributed by atoms with E-state index in [9.17, 15) is 13.2 Å². The molecule has 0 unspecified atom stereocenters. The summed E-state index contributed by atoms with van der Waals surface area (Å²) in [4.78, 5) is 13.7. The second-order valence-corrected chi connectivity index (χ2v) is 7.13. The van der Waals surface area contributed by atoms with E-state index in [1.54, 1.807) is 17.9 Å². The van der Waals surface area contributed by atoms with Crippen LogP contribution in [-0.4, -0.2) is 38.9 Å².